The first-order valence-electron chi connectivity index (χ1n) is 14.0. The van der Waals surface area contributed by atoms with Gasteiger partial charge in [-0.2, -0.15) is 0 Å². The standard InChI is InChI=1S/C34H44O5/c1-21(2)8-7-9-22(3)10-13-26-27(35)17-24(18-28(26)36)12-11-23-16-25-20-30-33(4,5)31(38)14-15-34(30,6)39-32(25)29(37)19-23/h8,10-12,16-19,30-31,35-38H,7,9,13-15,20H2,1-6H3/t30-,31-,34-/m1/s1. The van der Waals surface area contributed by atoms with Crippen molar-refractivity contribution in [1.29, 1.82) is 0 Å². The molecule has 39 heavy (non-hydrogen) atoms. The second-order valence-electron chi connectivity index (χ2n) is 12.5. The van der Waals surface area contributed by atoms with Crippen molar-refractivity contribution in [3.05, 3.63) is 69.8 Å². The minimum Gasteiger partial charge on any atom is -0.507 e. The SMILES string of the molecule is CC(C)=CCCC(C)=CCc1c(O)cc(C=Cc2cc(O)c3c(c2)C[C@@H]2C(C)(C)[C@H](O)CC[C@@]2(C)O3)cc1O. The van der Waals surface area contributed by atoms with E-state index in [0.29, 0.717) is 36.1 Å². The zero-order valence-electron chi connectivity index (χ0n) is 24.2. The van der Waals surface area contributed by atoms with Crippen LogP contribution < -0.4 is 4.74 Å². The first kappa shape index (κ1) is 28.8. The number of aromatic hydroxyl groups is 3. The second-order valence-corrected chi connectivity index (χ2v) is 12.5. The Labute approximate surface area is 233 Å². The third-order valence-corrected chi connectivity index (χ3v) is 8.78. The van der Waals surface area contributed by atoms with Crippen LogP contribution in [0.15, 0.2) is 47.6 Å². The van der Waals surface area contributed by atoms with Crippen LogP contribution in [0.5, 0.6) is 23.0 Å². The molecule has 4 rings (SSSR count). The Bertz CT molecular complexity index is 1290. The molecular formula is C34H44O5. The fourth-order valence-electron chi connectivity index (χ4n) is 6.23. The molecule has 3 atom stereocenters. The first-order valence-corrected chi connectivity index (χ1v) is 14.0. The van der Waals surface area contributed by atoms with Crippen molar-refractivity contribution in [2.75, 3.05) is 0 Å². The van der Waals surface area contributed by atoms with Crippen LogP contribution in [0.3, 0.4) is 0 Å². The number of ether oxygens (including phenoxy) is 1. The van der Waals surface area contributed by atoms with Crippen molar-refractivity contribution >= 4 is 12.2 Å². The van der Waals surface area contributed by atoms with Crippen LogP contribution in [0.2, 0.25) is 0 Å². The highest BCUT2D eigenvalue weighted by Gasteiger charge is 2.54. The van der Waals surface area contributed by atoms with Gasteiger partial charge in [0.05, 0.1) is 6.10 Å². The number of phenolic OH excluding ortho intramolecular Hbond substituents is 3. The molecule has 0 unspecified atom stereocenters. The number of aliphatic hydroxyl groups excluding tert-OH is 1. The number of allylic oxidation sites excluding steroid dienone is 4. The number of aliphatic hydroxyl groups is 1. The van der Waals surface area contributed by atoms with E-state index in [1.807, 2.05) is 18.2 Å². The van der Waals surface area contributed by atoms with Gasteiger partial charge in [0, 0.05) is 11.5 Å². The van der Waals surface area contributed by atoms with Crippen molar-refractivity contribution in [2.45, 2.75) is 91.8 Å². The van der Waals surface area contributed by atoms with E-state index in [1.54, 1.807) is 18.2 Å². The number of rotatable bonds is 7. The van der Waals surface area contributed by atoms with Gasteiger partial charge in [-0.1, -0.05) is 49.3 Å². The summed E-state index contributed by atoms with van der Waals surface area (Å²) in [5, 5.41) is 42.8. The largest absolute Gasteiger partial charge is 0.507 e. The lowest BCUT2D eigenvalue weighted by Crippen LogP contribution is -2.58. The zero-order valence-corrected chi connectivity index (χ0v) is 24.2. The summed E-state index contributed by atoms with van der Waals surface area (Å²) in [4.78, 5) is 0. The molecule has 0 radical (unpaired) electrons. The van der Waals surface area contributed by atoms with Crippen molar-refractivity contribution < 1.29 is 25.2 Å². The molecule has 0 bridgehead atoms. The number of fused-ring (bicyclic) bond motifs is 2. The van der Waals surface area contributed by atoms with Crippen LogP contribution in [-0.2, 0) is 12.8 Å². The smallest absolute Gasteiger partial charge is 0.164 e. The number of hydrogen-bond acceptors (Lipinski definition) is 5. The molecule has 4 N–H and O–H groups in total. The number of benzene rings is 2. The lowest BCUT2D eigenvalue weighted by molar-refractivity contribution is -0.138. The molecule has 1 fully saturated rings. The summed E-state index contributed by atoms with van der Waals surface area (Å²) in [6, 6.07) is 6.99. The van der Waals surface area contributed by atoms with E-state index in [9.17, 15) is 20.4 Å². The maximum Gasteiger partial charge on any atom is 0.164 e. The van der Waals surface area contributed by atoms with E-state index >= 15 is 0 Å². The third-order valence-electron chi connectivity index (χ3n) is 8.78. The van der Waals surface area contributed by atoms with E-state index < -0.39 is 5.60 Å². The van der Waals surface area contributed by atoms with E-state index in [-0.39, 0.29) is 34.7 Å². The molecule has 1 saturated carbocycles. The van der Waals surface area contributed by atoms with Gasteiger partial charge in [-0.25, -0.2) is 0 Å². The van der Waals surface area contributed by atoms with Gasteiger partial charge < -0.3 is 25.2 Å². The summed E-state index contributed by atoms with van der Waals surface area (Å²) in [6.45, 7) is 12.5. The van der Waals surface area contributed by atoms with Gasteiger partial charge in [0.1, 0.15) is 17.1 Å². The van der Waals surface area contributed by atoms with Gasteiger partial charge in [0.15, 0.2) is 11.5 Å². The van der Waals surface area contributed by atoms with Gasteiger partial charge in [-0.15, -0.1) is 0 Å². The Morgan fingerprint density at radius 1 is 0.923 bits per heavy atom. The van der Waals surface area contributed by atoms with Gasteiger partial charge in [-0.3, -0.25) is 0 Å². The maximum absolute atomic E-state index is 10.8. The summed E-state index contributed by atoms with van der Waals surface area (Å²) in [5.41, 5.74) is 4.68. The molecule has 5 nitrogen and oxygen atoms in total. The number of phenols is 3. The average Bonchev–Trinajstić information content (AvgIpc) is 2.84. The molecule has 0 spiro atoms. The zero-order chi connectivity index (χ0) is 28.5. The Morgan fingerprint density at radius 2 is 1.54 bits per heavy atom. The van der Waals surface area contributed by atoms with Crippen LogP contribution >= 0.6 is 0 Å². The molecule has 2 aliphatic rings. The fraction of sp³-hybridized carbons (Fsp3) is 0.471. The summed E-state index contributed by atoms with van der Waals surface area (Å²) in [5.74, 6) is 0.862. The summed E-state index contributed by atoms with van der Waals surface area (Å²) in [6.07, 6.45) is 12.1. The van der Waals surface area contributed by atoms with Crippen molar-refractivity contribution in [3.8, 4) is 23.0 Å². The summed E-state index contributed by atoms with van der Waals surface area (Å²) < 4.78 is 6.41. The average molecular weight is 533 g/mol. The second kappa shape index (κ2) is 11.1. The predicted molar refractivity (Wildman–Crippen MR) is 158 cm³/mol. The lowest BCUT2D eigenvalue weighted by Gasteiger charge is -2.55. The van der Waals surface area contributed by atoms with Crippen molar-refractivity contribution in [2.24, 2.45) is 11.3 Å². The lowest BCUT2D eigenvalue weighted by atomic mass is 9.57. The van der Waals surface area contributed by atoms with E-state index in [1.165, 1.54) is 11.1 Å². The van der Waals surface area contributed by atoms with Gasteiger partial charge in [-0.05, 0) is 113 Å². The highest BCUT2D eigenvalue weighted by Crippen LogP contribution is 2.54. The molecule has 0 saturated heterocycles. The van der Waals surface area contributed by atoms with Gasteiger partial charge in [0.2, 0.25) is 0 Å². The van der Waals surface area contributed by atoms with Crippen LogP contribution in [0.4, 0.5) is 0 Å². The molecule has 5 heteroatoms. The molecule has 1 heterocycles. The summed E-state index contributed by atoms with van der Waals surface area (Å²) >= 11 is 0. The van der Waals surface area contributed by atoms with Crippen molar-refractivity contribution in [1.82, 2.24) is 0 Å². The maximum atomic E-state index is 10.8. The topological polar surface area (TPSA) is 90.2 Å². The number of hydrogen-bond donors (Lipinski definition) is 4. The molecule has 0 amide bonds. The molecule has 2 aromatic carbocycles. The quantitative estimate of drug-likeness (QED) is 0.217. The first-order chi connectivity index (χ1) is 18.3. The predicted octanol–water partition coefficient (Wildman–Crippen LogP) is 7.70. The Hall–Kier alpha value is -3.18. The fourth-order valence-corrected chi connectivity index (χ4v) is 6.23. The van der Waals surface area contributed by atoms with Crippen LogP contribution in [0.25, 0.3) is 12.2 Å². The molecule has 1 aliphatic heterocycles. The van der Waals surface area contributed by atoms with Crippen LogP contribution in [-0.4, -0.2) is 32.1 Å². The molecule has 1 aliphatic carbocycles. The monoisotopic (exact) mass is 532 g/mol. The van der Waals surface area contributed by atoms with Gasteiger partial charge >= 0.3 is 0 Å². The molecule has 2 aromatic rings. The Kier molecular flexibility index (Phi) is 8.22. The highest BCUT2D eigenvalue weighted by molar-refractivity contribution is 5.73. The van der Waals surface area contributed by atoms with E-state index in [2.05, 4.69) is 53.7 Å². The minimum atomic E-state index is -0.430. The third kappa shape index (κ3) is 6.19. The summed E-state index contributed by atoms with van der Waals surface area (Å²) in [7, 11) is 0. The molecular weight excluding hydrogens is 488 g/mol. The molecule has 210 valence electrons. The Morgan fingerprint density at radius 3 is 2.18 bits per heavy atom. The Balaban J connectivity index is 1.52. The minimum absolute atomic E-state index is 0.0575. The highest BCUT2D eigenvalue weighted by atomic mass is 16.5. The van der Waals surface area contributed by atoms with Crippen LogP contribution in [0.1, 0.15) is 89.5 Å². The van der Waals surface area contributed by atoms with Crippen molar-refractivity contribution in [3.63, 3.8) is 0 Å². The van der Waals surface area contributed by atoms with Gasteiger partial charge in [0.25, 0.3) is 0 Å². The van der Waals surface area contributed by atoms with E-state index in [0.717, 1.165) is 30.4 Å². The van der Waals surface area contributed by atoms with E-state index in [4.69, 9.17) is 4.74 Å². The molecule has 0 aromatic heterocycles. The normalized spacial score (nSPS) is 24.1. The van der Waals surface area contributed by atoms with Crippen LogP contribution in [0, 0.1) is 11.3 Å².